The lowest BCUT2D eigenvalue weighted by Gasteiger charge is -2.19. The molecule has 1 aromatic heterocycles. The van der Waals surface area contributed by atoms with Crippen LogP contribution in [0.2, 0.25) is 0 Å². The van der Waals surface area contributed by atoms with Gasteiger partial charge in [0, 0.05) is 19.2 Å². The molecule has 0 aliphatic rings. The highest BCUT2D eigenvalue weighted by Gasteiger charge is 2.17. The molecule has 1 amide bonds. The van der Waals surface area contributed by atoms with Crippen molar-refractivity contribution in [2.24, 2.45) is 0 Å². The van der Waals surface area contributed by atoms with E-state index < -0.39 is 0 Å². The smallest absolute Gasteiger partial charge is 0.289 e. The van der Waals surface area contributed by atoms with Gasteiger partial charge >= 0.3 is 0 Å². The van der Waals surface area contributed by atoms with Crippen LogP contribution in [0.4, 0.5) is 5.88 Å². The van der Waals surface area contributed by atoms with Gasteiger partial charge in [-0.15, -0.1) is 0 Å². The quantitative estimate of drug-likeness (QED) is 0.809. The van der Waals surface area contributed by atoms with Gasteiger partial charge in [-0.3, -0.25) is 4.79 Å². The Hall–Kier alpha value is -1.45. The van der Waals surface area contributed by atoms with Gasteiger partial charge in [-0.2, -0.15) is 0 Å². The fourth-order valence-electron chi connectivity index (χ4n) is 1.48. The molecular weight excluding hydrogens is 192 g/mol. The van der Waals surface area contributed by atoms with Crippen LogP contribution >= 0.6 is 0 Å². The molecule has 0 fully saturated rings. The molecule has 0 aromatic carbocycles. The molecule has 0 aliphatic carbocycles. The first kappa shape index (κ1) is 11.6. The number of nitrogen functional groups attached to an aromatic ring is 1. The molecule has 0 saturated carbocycles. The Morgan fingerprint density at radius 2 is 1.93 bits per heavy atom. The minimum absolute atomic E-state index is 0.0737. The summed E-state index contributed by atoms with van der Waals surface area (Å²) in [6, 6.07) is 3.22. The zero-order valence-corrected chi connectivity index (χ0v) is 9.32. The van der Waals surface area contributed by atoms with Crippen molar-refractivity contribution in [3.05, 3.63) is 17.9 Å². The van der Waals surface area contributed by atoms with Gasteiger partial charge in [0.2, 0.25) is 0 Å². The van der Waals surface area contributed by atoms with E-state index in [-0.39, 0.29) is 11.8 Å². The van der Waals surface area contributed by atoms with Gasteiger partial charge in [0.05, 0.1) is 0 Å². The standard InChI is InChI=1S/C11H18N2O2/c1-3-7-13(8-4-2)11(14)9-5-6-10(12)15-9/h5-6H,3-4,7-8,12H2,1-2H3. The summed E-state index contributed by atoms with van der Waals surface area (Å²) < 4.78 is 5.11. The van der Waals surface area contributed by atoms with E-state index in [0.29, 0.717) is 5.76 Å². The van der Waals surface area contributed by atoms with Crippen molar-refractivity contribution in [1.29, 1.82) is 0 Å². The summed E-state index contributed by atoms with van der Waals surface area (Å²) in [5.74, 6) is 0.538. The van der Waals surface area contributed by atoms with Crippen molar-refractivity contribution in [2.75, 3.05) is 18.8 Å². The number of carbonyl (C=O) groups is 1. The molecule has 0 bridgehead atoms. The molecule has 0 unspecified atom stereocenters. The minimum atomic E-state index is -0.0737. The van der Waals surface area contributed by atoms with E-state index in [0.717, 1.165) is 25.9 Å². The minimum Gasteiger partial charge on any atom is -0.436 e. The van der Waals surface area contributed by atoms with E-state index in [1.165, 1.54) is 0 Å². The first-order valence-electron chi connectivity index (χ1n) is 5.33. The van der Waals surface area contributed by atoms with Gasteiger partial charge in [-0.05, 0) is 18.9 Å². The van der Waals surface area contributed by atoms with Crippen molar-refractivity contribution in [1.82, 2.24) is 4.90 Å². The van der Waals surface area contributed by atoms with Crippen LogP contribution in [0.15, 0.2) is 16.5 Å². The second-order valence-electron chi connectivity index (χ2n) is 3.49. The van der Waals surface area contributed by atoms with Crippen LogP contribution in [0.5, 0.6) is 0 Å². The first-order chi connectivity index (χ1) is 7.19. The Kier molecular flexibility index (Phi) is 4.21. The molecule has 2 N–H and O–H groups in total. The van der Waals surface area contributed by atoms with Gasteiger partial charge in [0.25, 0.3) is 5.91 Å². The SMILES string of the molecule is CCCN(CCC)C(=O)c1ccc(N)o1. The number of anilines is 1. The Bertz CT molecular complexity index is 314. The molecule has 0 spiro atoms. The summed E-state index contributed by atoms with van der Waals surface area (Å²) in [6.45, 7) is 5.61. The third-order valence-electron chi connectivity index (χ3n) is 2.11. The third kappa shape index (κ3) is 3.01. The molecule has 1 rings (SSSR count). The van der Waals surface area contributed by atoms with Crippen LogP contribution in [0, 0.1) is 0 Å². The summed E-state index contributed by atoms with van der Waals surface area (Å²) in [5, 5.41) is 0. The summed E-state index contributed by atoms with van der Waals surface area (Å²) in [4.78, 5) is 13.7. The number of amides is 1. The molecule has 0 radical (unpaired) electrons. The Morgan fingerprint density at radius 1 is 1.33 bits per heavy atom. The highest BCUT2D eigenvalue weighted by molar-refractivity contribution is 5.91. The monoisotopic (exact) mass is 210 g/mol. The number of rotatable bonds is 5. The highest BCUT2D eigenvalue weighted by atomic mass is 16.4. The summed E-state index contributed by atoms with van der Waals surface area (Å²) >= 11 is 0. The van der Waals surface area contributed by atoms with Crippen LogP contribution in [-0.2, 0) is 0 Å². The average Bonchev–Trinajstić information content (AvgIpc) is 2.63. The van der Waals surface area contributed by atoms with E-state index >= 15 is 0 Å². The number of nitrogens with zero attached hydrogens (tertiary/aromatic N) is 1. The van der Waals surface area contributed by atoms with Gasteiger partial charge in [0.15, 0.2) is 11.6 Å². The predicted molar refractivity (Wildman–Crippen MR) is 59.6 cm³/mol. The summed E-state index contributed by atoms with van der Waals surface area (Å²) in [7, 11) is 0. The molecule has 4 nitrogen and oxygen atoms in total. The number of carbonyl (C=O) groups excluding carboxylic acids is 1. The number of hydrogen-bond acceptors (Lipinski definition) is 3. The maximum absolute atomic E-state index is 11.9. The van der Waals surface area contributed by atoms with E-state index in [1.807, 2.05) is 13.8 Å². The topological polar surface area (TPSA) is 59.5 Å². The average molecular weight is 210 g/mol. The largest absolute Gasteiger partial charge is 0.436 e. The summed E-state index contributed by atoms with van der Waals surface area (Å²) in [5.41, 5.74) is 5.43. The first-order valence-corrected chi connectivity index (χ1v) is 5.33. The van der Waals surface area contributed by atoms with E-state index in [4.69, 9.17) is 10.2 Å². The Morgan fingerprint density at radius 3 is 2.33 bits per heavy atom. The zero-order chi connectivity index (χ0) is 11.3. The van der Waals surface area contributed by atoms with Crippen molar-refractivity contribution in [3.8, 4) is 0 Å². The second kappa shape index (κ2) is 5.44. The van der Waals surface area contributed by atoms with Crippen LogP contribution in [0.1, 0.15) is 37.2 Å². The fraction of sp³-hybridized carbons (Fsp3) is 0.545. The van der Waals surface area contributed by atoms with Crippen LogP contribution in [0.25, 0.3) is 0 Å². The molecular formula is C11H18N2O2. The van der Waals surface area contributed by atoms with Gasteiger partial charge in [-0.25, -0.2) is 0 Å². The maximum Gasteiger partial charge on any atom is 0.289 e. The molecule has 84 valence electrons. The Labute approximate surface area is 90.0 Å². The molecule has 1 heterocycles. The van der Waals surface area contributed by atoms with E-state index in [2.05, 4.69) is 0 Å². The molecule has 0 atom stereocenters. The molecule has 4 heteroatoms. The van der Waals surface area contributed by atoms with Gasteiger partial charge in [-0.1, -0.05) is 13.8 Å². The van der Waals surface area contributed by atoms with E-state index in [9.17, 15) is 4.79 Å². The number of nitrogens with two attached hydrogens (primary N) is 1. The van der Waals surface area contributed by atoms with Crippen molar-refractivity contribution >= 4 is 11.8 Å². The third-order valence-corrected chi connectivity index (χ3v) is 2.11. The number of furan rings is 1. The molecule has 0 saturated heterocycles. The molecule has 1 aromatic rings. The lowest BCUT2D eigenvalue weighted by atomic mass is 10.3. The number of hydrogen-bond donors (Lipinski definition) is 1. The normalized spacial score (nSPS) is 10.3. The van der Waals surface area contributed by atoms with Crippen molar-refractivity contribution in [3.63, 3.8) is 0 Å². The van der Waals surface area contributed by atoms with Crippen molar-refractivity contribution < 1.29 is 9.21 Å². The van der Waals surface area contributed by atoms with Gasteiger partial charge in [0.1, 0.15) is 0 Å². The summed E-state index contributed by atoms with van der Waals surface area (Å²) in [6.07, 6.45) is 1.89. The zero-order valence-electron chi connectivity index (χ0n) is 9.32. The molecule has 15 heavy (non-hydrogen) atoms. The van der Waals surface area contributed by atoms with Crippen molar-refractivity contribution in [2.45, 2.75) is 26.7 Å². The Balaban J connectivity index is 2.71. The van der Waals surface area contributed by atoms with E-state index in [1.54, 1.807) is 17.0 Å². The van der Waals surface area contributed by atoms with Gasteiger partial charge < -0.3 is 15.1 Å². The lowest BCUT2D eigenvalue weighted by Crippen LogP contribution is -2.32. The van der Waals surface area contributed by atoms with Crippen LogP contribution in [0.3, 0.4) is 0 Å². The van der Waals surface area contributed by atoms with Crippen LogP contribution in [-0.4, -0.2) is 23.9 Å². The highest BCUT2D eigenvalue weighted by Crippen LogP contribution is 2.12. The molecule has 0 aliphatic heterocycles. The predicted octanol–water partition coefficient (Wildman–Crippen LogP) is 2.12. The van der Waals surface area contributed by atoms with Crippen LogP contribution < -0.4 is 5.73 Å². The fourth-order valence-corrected chi connectivity index (χ4v) is 1.48. The maximum atomic E-state index is 11.9. The lowest BCUT2D eigenvalue weighted by molar-refractivity contribution is 0.0725. The second-order valence-corrected chi connectivity index (χ2v) is 3.49.